The van der Waals surface area contributed by atoms with Gasteiger partial charge in [-0.15, -0.1) is 0 Å². The van der Waals surface area contributed by atoms with Gasteiger partial charge in [0.25, 0.3) is 5.78 Å². The lowest BCUT2D eigenvalue weighted by atomic mass is 10.3. The maximum atomic E-state index is 11.7. The predicted molar refractivity (Wildman–Crippen MR) is 34.1 cm³/mol. The third-order valence-electron chi connectivity index (χ3n) is 1.01. The van der Waals surface area contributed by atoms with Gasteiger partial charge in [0.15, 0.2) is 11.0 Å². The molecule has 0 N–H and O–H groups in total. The second-order valence-electron chi connectivity index (χ2n) is 1.77. The molecule has 0 spiro atoms. The molecule has 0 bridgehead atoms. The number of alkyl halides is 2. The first-order valence-corrected chi connectivity index (χ1v) is 3.07. The first-order chi connectivity index (χ1) is 5.11. The lowest BCUT2D eigenvalue weighted by molar-refractivity contribution is 0.0649. The number of hydrogen-bond donors (Lipinski definition) is 0. The molecular formula is C6H3ClF2O2. The number of carbonyl (C=O) groups excluding carboxylic acids is 1. The van der Waals surface area contributed by atoms with Crippen LogP contribution in [0.4, 0.5) is 8.78 Å². The maximum Gasteiger partial charge on any atom is 0.303 e. The average Bonchev–Trinajstić information content (AvgIpc) is 2.34. The Kier molecular flexibility index (Phi) is 2.24. The van der Waals surface area contributed by atoms with Gasteiger partial charge in [-0.3, -0.25) is 4.79 Å². The Bertz CT molecular complexity index is 269. The summed E-state index contributed by atoms with van der Waals surface area (Å²) in [4.78, 5) is 10.5. The first kappa shape index (κ1) is 8.20. The Morgan fingerprint density at radius 3 is 2.55 bits per heavy atom. The molecule has 0 saturated heterocycles. The van der Waals surface area contributed by atoms with E-state index in [9.17, 15) is 13.6 Å². The maximum absolute atomic E-state index is 11.7. The van der Waals surface area contributed by atoms with Crippen LogP contribution in [0, 0.1) is 0 Å². The van der Waals surface area contributed by atoms with Crippen molar-refractivity contribution >= 4 is 17.4 Å². The van der Waals surface area contributed by atoms with Gasteiger partial charge >= 0.3 is 6.43 Å². The Hall–Kier alpha value is -0.900. The summed E-state index contributed by atoms with van der Waals surface area (Å²) < 4.78 is 27.8. The summed E-state index contributed by atoms with van der Waals surface area (Å²) in [6.07, 6.45) is -3.04. The van der Waals surface area contributed by atoms with Crippen molar-refractivity contribution in [2.45, 2.75) is 6.43 Å². The van der Waals surface area contributed by atoms with Crippen LogP contribution in [0.2, 0.25) is 5.22 Å². The van der Waals surface area contributed by atoms with E-state index in [2.05, 4.69) is 4.42 Å². The van der Waals surface area contributed by atoms with E-state index in [0.717, 1.165) is 6.07 Å². The summed E-state index contributed by atoms with van der Waals surface area (Å²) in [6.45, 7) is 0. The fraction of sp³-hybridized carbons (Fsp3) is 0.167. The Morgan fingerprint density at radius 1 is 1.55 bits per heavy atom. The number of rotatable bonds is 2. The molecule has 60 valence electrons. The Morgan fingerprint density at radius 2 is 2.18 bits per heavy atom. The van der Waals surface area contributed by atoms with Gasteiger partial charge < -0.3 is 4.42 Å². The number of carbonyl (C=O) groups is 1. The molecule has 0 unspecified atom stereocenters. The number of ketones is 1. The predicted octanol–water partition coefficient (Wildman–Crippen LogP) is 2.38. The summed E-state index contributed by atoms with van der Waals surface area (Å²) >= 11 is 5.25. The van der Waals surface area contributed by atoms with Crippen molar-refractivity contribution in [3.8, 4) is 0 Å². The molecule has 5 heteroatoms. The van der Waals surface area contributed by atoms with Crippen LogP contribution in [0.3, 0.4) is 0 Å². The smallest absolute Gasteiger partial charge is 0.303 e. The van der Waals surface area contributed by atoms with Gasteiger partial charge in [-0.05, 0) is 23.7 Å². The van der Waals surface area contributed by atoms with Crippen molar-refractivity contribution in [2.24, 2.45) is 0 Å². The van der Waals surface area contributed by atoms with Gasteiger partial charge in [0.2, 0.25) is 0 Å². The summed E-state index contributed by atoms with van der Waals surface area (Å²) in [5, 5.41) is -0.0750. The zero-order chi connectivity index (χ0) is 8.43. The molecule has 0 aliphatic rings. The molecule has 0 fully saturated rings. The number of Topliss-reactive ketones (excluding diaryl/α,β-unsaturated/α-hetero) is 1. The fourth-order valence-corrected chi connectivity index (χ4v) is 0.700. The molecule has 0 atom stereocenters. The van der Waals surface area contributed by atoms with Crippen LogP contribution in [0.15, 0.2) is 16.5 Å². The van der Waals surface area contributed by atoms with Crippen LogP contribution in [-0.4, -0.2) is 12.2 Å². The van der Waals surface area contributed by atoms with Crippen molar-refractivity contribution < 1.29 is 18.0 Å². The molecular weight excluding hydrogens is 178 g/mol. The second-order valence-corrected chi connectivity index (χ2v) is 2.14. The fourth-order valence-electron chi connectivity index (χ4n) is 0.554. The van der Waals surface area contributed by atoms with Crippen molar-refractivity contribution in [3.05, 3.63) is 23.1 Å². The van der Waals surface area contributed by atoms with E-state index in [-0.39, 0.29) is 5.22 Å². The molecule has 1 aromatic rings. The quantitative estimate of drug-likeness (QED) is 0.654. The Balaban J connectivity index is 2.85. The SMILES string of the molecule is O=C(c1ccc(Cl)o1)C(F)F. The number of furan rings is 1. The molecule has 0 saturated carbocycles. The van der Waals surface area contributed by atoms with Crippen LogP contribution in [0.25, 0.3) is 0 Å². The number of hydrogen-bond acceptors (Lipinski definition) is 2. The zero-order valence-electron chi connectivity index (χ0n) is 5.18. The van der Waals surface area contributed by atoms with Gasteiger partial charge in [-0.1, -0.05) is 0 Å². The minimum Gasteiger partial charge on any atom is -0.441 e. The van der Waals surface area contributed by atoms with Crippen LogP contribution in [0.5, 0.6) is 0 Å². The van der Waals surface area contributed by atoms with Crippen LogP contribution in [-0.2, 0) is 0 Å². The van der Waals surface area contributed by atoms with Gasteiger partial charge in [-0.2, -0.15) is 0 Å². The highest BCUT2D eigenvalue weighted by atomic mass is 35.5. The van der Waals surface area contributed by atoms with Crippen molar-refractivity contribution in [1.29, 1.82) is 0 Å². The van der Waals surface area contributed by atoms with Gasteiger partial charge in [0, 0.05) is 0 Å². The summed E-state index contributed by atoms with van der Waals surface area (Å²) in [7, 11) is 0. The minimum absolute atomic E-state index is 0.0750. The number of halogens is 3. The molecule has 0 aliphatic carbocycles. The third-order valence-corrected chi connectivity index (χ3v) is 1.22. The van der Waals surface area contributed by atoms with Gasteiger partial charge in [0.05, 0.1) is 0 Å². The first-order valence-electron chi connectivity index (χ1n) is 2.69. The molecule has 1 rings (SSSR count). The highest BCUT2D eigenvalue weighted by Gasteiger charge is 2.20. The average molecular weight is 181 g/mol. The molecule has 11 heavy (non-hydrogen) atoms. The van der Waals surface area contributed by atoms with E-state index in [0.29, 0.717) is 0 Å². The van der Waals surface area contributed by atoms with Crippen LogP contribution < -0.4 is 0 Å². The van der Waals surface area contributed by atoms with Crippen LogP contribution >= 0.6 is 11.6 Å². The van der Waals surface area contributed by atoms with E-state index in [1.165, 1.54) is 6.07 Å². The van der Waals surface area contributed by atoms with Gasteiger partial charge in [-0.25, -0.2) is 8.78 Å². The molecule has 0 radical (unpaired) electrons. The minimum atomic E-state index is -3.04. The van der Waals surface area contributed by atoms with E-state index in [1.54, 1.807) is 0 Å². The lowest BCUT2D eigenvalue weighted by Gasteiger charge is -1.91. The van der Waals surface area contributed by atoms with Crippen molar-refractivity contribution in [3.63, 3.8) is 0 Å². The molecule has 1 heterocycles. The van der Waals surface area contributed by atoms with Crippen LogP contribution in [0.1, 0.15) is 10.6 Å². The van der Waals surface area contributed by atoms with E-state index < -0.39 is 18.0 Å². The molecule has 0 aliphatic heterocycles. The summed E-state index contributed by atoms with van der Waals surface area (Å²) in [5.41, 5.74) is 0. The van der Waals surface area contributed by atoms with E-state index in [4.69, 9.17) is 11.6 Å². The normalized spacial score (nSPS) is 10.5. The highest BCUT2D eigenvalue weighted by Crippen LogP contribution is 2.15. The Labute approximate surface area is 65.8 Å². The third kappa shape index (κ3) is 1.77. The topological polar surface area (TPSA) is 30.2 Å². The standard InChI is InChI=1S/C6H3ClF2O2/c7-4-2-1-3(11-4)5(10)6(8)9/h1-2,6H. The molecule has 2 nitrogen and oxygen atoms in total. The second kappa shape index (κ2) is 3.00. The van der Waals surface area contributed by atoms with Crippen molar-refractivity contribution in [2.75, 3.05) is 0 Å². The van der Waals surface area contributed by atoms with Gasteiger partial charge in [0.1, 0.15) is 0 Å². The summed E-state index contributed by atoms with van der Waals surface area (Å²) in [6, 6.07) is 2.34. The monoisotopic (exact) mass is 180 g/mol. The highest BCUT2D eigenvalue weighted by molar-refractivity contribution is 6.29. The molecule has 0 aromatic carbocycles. The molecule has 0 amide bonds. The lowest BCUT2D eigenvalue weighted by Crippen LogP contribution is -2.08. The largest absolute Gasteiger partial charge is 0.441 e. The van der Waals surface area contributed by atoms with E-state index in [1.807, 2.05) is 0 Å². The van der Waals surface area contributed by atoms with Crippen molar-refractivity contribution in [1.82, 2.24) is 0 Å². The summed E-state index contributed by atoms with van der Waals surface area (Å²) in [5.74, 6) is -1.76. The van der Waals surface area contributed by atoms with E-state index >= 15 is 0 Å². The molecule has 1 aromatic heterocycles. The zero-order valence-corrected chi connectivity index (χ0v) is 5.94.